The van der Waals surface area contributed by atoms with Crippen LogP contribution in [0.25, 0.3) is 10.8 Å². The number of nitrogens with one attached hydrogen (secondary N) is 1. The molecular formula is C19H20FN3O4. The molecule has 1 aliphatic heterocycles. The summed E-state index contributed by atoms with van der Waals surface area (Å²) >= 11 is 0. The summed E-state index contributed by atoms with van der Waals surface area (Å²) in [5.41, 5.74) is 5.68. The highest BCUT2D eigenvalue weighted by Crippen LogP contribution is 2.53. The van der Waals surface area contributed by atoms with E-state index >= 15 is 0 Å². The molecule has 7 nitrogen and oxygen atoms in total. The number of ether oxygens (including phenoxy) is 2. The van der Waals surface area contributed by atoms with Crippen LogP contribution < -0.4 is 20.5 Å². The van der Waals surface area contributed by atoms with E-state index in [2.05, 4.69) is 10.3 Å². The number of fused-ring (bicyclic) bond motifs is 2. The van der Waals surface area contributed by atoms with Crippen LogP contribution in [0.1, 0.15) is 16.8 Å². The normalized spacial score (nSPS) is 25.8. The molecule has 3 N–H and O–H groups in total. The number of halogens is 1. The van der Waals surface area contributed by atoms with Gasteiger partial charge < -0.3 is 20.5 Å². The van der Waals surface area contributed by atoms with Crippen molar-refractivity contribution >= 4 is 22.6 Å². The average Bonchev–Trinajstić information content (AvgIpc) is 3.32. The number of nitrogens with two attached hydrogens (primary N) is 1. The van der Waals surface area contributed by atoms with Gasteiger partial charge in [-0.1, -0.05) is 0 Å². The minimum absolute atomic E-state index is 0.0559. The molecule has 2 aromatic rings. The Balaban J connectivity index is 1.49. The number of nitrogens with zero attached hydrogens (tertiary/aromatic N) is 1. The molecule has 1 aromatic heterocycles. The van der Waals surface area contributed by atoms with Crippen molar-refractivity contribution in [3.63, 3.8) is 0 Å². The lowest BCUT2D eigenvalue weighted by Crippen LogP contribution is -2.34. The van der Waals surface area contributed by atoms with Gasteiger partial charge in [0.15, 0.2) is 0 Å². The molecule has 1 saturated heterocycles. The molecule has 0 bridgehead atoms. The van der Waals surface area contributed by atoms with Crippen molar-refractivity contribution in [1.82, 2.24) is 10.3 Å². The Labute approximate surface area is 155 Å². The summed E-state index contributed by atoms with van der Waals surface area (Å²) in [6.45, 7) is -0.119. The van der Waals surface area contributed by atoms with Crippen LogP contribution in [-0.4, -0.2) is 43.2 Å². The molecule has 0 radical (unpaired) electrons. The van der Waals surface area contributed by atoms with Crippen LogP contribution in [0, 0.1) is 17.8 Å². The number of pyridine rings is 1. The predicted octanol–water partition coefficient (Wildman–Crippen LogP) is 1.44. The standard InChI is InChI=1S/C19H20FN3O4/c1-26-14-7-10-9(6-11(14)17(21)24)2-4-22-19(10)27-5-3-13-15-12(8-20)16(15)18(25)23-13/h2,4,6-7,12-13,15-16H,3,5,8H2,1H3,(H2,21,24)(H,23,25)/t12?,13-,15?,16-/m1/s1. The van der Waals surface area contributed by atoms with Gasteiger partial charge in [0.05, 0.1) is 26.0 Å². The monoisotopic (exact) mass is 373 g/mol. The van der Waals surface area contributed by atoms with Crippen LogP contribution in [-0.2, 0) is 4.79 Å². The summed E-state index contributed by atoms with van der Waals surface area (Å²) in [7, 11) is 1.46. The van der Waals surface area contributed by atoms with E-state index in [9.17, 15) is 14.0 Å². The molecule has 2 unspecified atom stereocenters. The van der Waals surface area contributed by atoms with E-state index in [1.165, 1.54) is 7.11 Å². The van der Waals surface area contributed by atoms with Crippen molar-refractivity contribution in [2.75, 3.05) is 20.4 Å². The second-order valence-electron chi connectivity index (χ2n) is 6.93. The maximum atomic E-state index is 12.9. The van der Waals surface area contributed by atoms with Crippen molar-refractivity contribution in [3.05, 3.63) is 30.0 Å². The van der Waals surface area contributed by atoms with Crippen molar-refractivity contribution in [3.8, 4) is 11.6 Å². The van der Waals surface area contributed by atoms with E-state index in [4.69, 9.17) is 15.2 Å². The fourth-order valence-electron chi connectivity index (χ4n) is 4.09. The van der Waals surface area contributed by atoms with Crippen LogP contribution in [0.4, 0.5) is 4.39 Å². The summed E-state index contributed by atoms with van der Waals surface area (Å²) in [5.74, 6) is -0.123. The molecule has 2 aliphatic rings. The number of aromatic nitrogens is 1. The zero-order valence-electron chi connectivity index (χ0n) is 14.8. The summed E-state index contributed by atoms with van der Waals surface area (Å²) in [4.78, 5) is 27.6. The Hall–Kier alpha value is -2.90. The summed E-state index contributed by atoms with van der Waals surface area (Å²) in [6.07, 6.45) is 2.17. The number of primary amides is 1. The highest BCUT2D eigenvalue weighted by atomic mass is 19.1. The van der Waals surface area contributed by atoms with Crippen LogP contribution in [0.2, 0.25) is 0 Å². The lowest BCUT2D eigenvalue weighted by molar-refractivity contribution is -0.121. The maximum absolute atomic E-state index is 12.9. The van der Waals surface area contributed by atoms with Crippen molar-refractivity contribution in [1.29, 1.82) is 0 Å². The lowest BCUT2D eigenvalue weighted by atomic mass is 10.1. The smallest absolute Gasteiger partial charge is 0.252 e. The van der Waals surface area contributed by atoms with Gasteiger partial charge >= 0.3 is 0 Å². The largest absolute Gasteiger partial charge is 0.496 e. The van der Waals surface area contributed by atoms with E-state index < -0.39 is 12.6 Å². The number of methoxy groups -OCH3 is 1. The molecule has 27 heavy (non-hydrogen) atoms. The molecule has 4 atom stereocenters. The summed E-state index contributed by atoms with van der Waals surface area (Å²) < 4.78 is 24.0. The highest BCUT2D eigenvalue weighted by Gasteiger charge is 2.62. The lowest BCUT2D eigenvalue weighted by Gasteiger charge is -2.16. The minimum atomic E-state index is -0.577. The Morgan fingerprint density at radius 1 is 1.41 bits per heavy atom. The third kappa shape index (κ3) is 2.94. The van der Waals surface area contributed by atoms with Crippen LogP contribution in [0.3, 0.4) is 0 Å². The van der Waals surface area contributed by atoms with Crippen molar-refractivity contribution < 1.29 is 23.5 Å². The number of hydrogen-bond donors (Lipinski definition) is 2. The molecular weight excluding hydrogens is 353 g/mol. The number of piperidine rings is 1. The number of rotatable bonds is 7. The van der Waals surface area contributed by atoms with Gasteiger partial charge in [0, 0.05) is 35.9 Å². The van der Waals surface area contributed by atoms with E-state index in [1.807, 2.05) is 0 Å². The second kappa shape index (κ2) is 6.68. The number of carbonyl (C=O) groups is 2. The van der Waals surface area contributed by atoms with Crippen molar-refractivity contribution in [2.45, 2.75) is 12.5 Å². The first-order valence-electron chi connectivity index (χ1n) is 8.81. The summed E-state index contributed by atoms with van der Waals surface area (Å²) in [6, 6.07) is 5.01. The Morgan fingerprint density at radius 3 is 2.89 bits per heavy atom. The number of alkyl halides is 1. The van der Waals surface area contributed by atoms with E-state index in [1.54, 1.807) is 24.4 Å². The molecule has 8 heteroatoms. The third-order valence-electron chi connectivity index (χ3n) is 5.48. The number of amides is 2. The molecule has 142 valence electrons. The van der Waals surface area contributed by atoms with Gasteiger partial charge in [0.1, 0.15) is 5.75 Å². The van der Waals surface area contributed by atoms with Crippen LogP contribution in [0.15, 0.2) is 24.4 Å². The molecule has 2 fully saturated rings. The zero-order chi connectivity index (χ0) is 19.1. The first kappa shape index (κ1) is 17.5. The minimum Gasteiger partial charge on any atom is -0.496 e. The van der Waals surface area contributed by atoms with E-state index in [0.717, 1.165) is 5.39 Å². The Morgan fingerprint density at radius 2 is 2.22 bits per heavy atom. The van der Waals surface area contributed by atoms with Crippen molar-refractivity contribution in [2.24, 2.45) is 23.5 Å². The Kier molecular flexibility index (Phi) is 4.33. The van der Waals surface area contributed by atoms with Gasteiger partial charge in [0.25, 0.3) is 5.91 Å². The maximum Gasteiger partial charge on any atom is 0.252 e. The van der Waals surface area contributed by atoms with Gasteiger partial charge in [-0.25, -0.2) is 4.98 Å². The van der Waals surface area contributed by atoms with Gasteiger partial charge in [0.2, 0.25) is 11.8 Å². The molecule has 1 aromatic carbocycles. The molecule has 1 aliphatic carbocycles. The van der Waals surface area contributed by atoms with E-state index in [0.29, 0.717) is 30.0 Å². The topological polar surface area (TPSA) is 104 Å². The average molecular weight is 373 g/mol. The molecule has 2 heterocycles. The fourth-order valence-corrected chi connectivity index (χ4v) is 4.09. The summed E-state index contributed by atoms with van der Waals surface area (Å²) in [5, 5.41) is 4.35. The molecule has 0 spiro atoms. The second-order valence-corrected chi connectivity index (χ2v) is 6.93. The van der Waals surface area contributed by atoms with Gasteiger partial charge in [-0.3, -0.25) is 14.0 Å². The van der Waals surface area contributed by atoms with Crippen LogP contribution in [0.5, 0.6) is 11.6 Å². The molecule has 1 saturated carbocycles. The number of carbonyl (C=O) groups excluding carboxylic acids is 2. The molecule has 2 amide bonds. The van der Waals surface area contributed by atoms with E-state index in [-0.39, 0.29) is 35.3 Å². The highest BCUT2D eigenvalue weighted by molar-refractivity contribution is 6.01. The predicted molar refractivity (Wildman–Crippen MR) is 95.3 cm³/mol. The first-order valence-corrected chi connectivity index (χ1v) is 8.81. The third-order valence-corrected chi connectivity index (χ3v) is 5.48. The quantitative estimate of drug-likeness (QED) is 0.764. The number of benzene rings is 1. The SMILES string of the molecule is COc1cc2c(OCC[C@H]3NC(=O)[C@@H]4C(CF)C43)nccc2cc1C(N)=O. The number of hydrogen-bond acceptors (Lipinski definition) is 5. The van der Waals surface area contributed by atoms with Gasteiger partial charge in [-0.05, 0) is 29.5 Å². The first-order chi connectivity index (χ1) is 13.0. The van der Waals surface area contributed by atoms with Gasteiger partial charge in [-0.15, -0.1) is 0 Å². The fraction of sp³-hybridized carbons (Fsp3) is 0.421. The van der Waals surface area contributed by atoms with Crippen LogP contribution >= 0.6 is 0 Å². The Bertz CT molecular complexity index is 919. The zero-order valence-corrected chi connectivity index (χ0v) is 14.8. The van der Waals surface area contributed by atoms with Gasteiger partial charge in [-0.2, -0.15) is 0 Å². The molecule has 4 rings (SSSR count).